The molecule has 16 heteroatoms. The van der Waals surface area contributed by atoms with Crippen molar-refractivity contribution in [2.75, 3.05) is 25.0 Å². The molecule has 4 N–H and O–H groups in total. The number of piperidine rings is 1. The molecule has 1 spiro atoms. The van der Waals surface area contributed by atoms with E-state index in [1.165, 1.54) is 6.07 Å². The van der Waals surface area contributed by atoms with E-state index in [-0.39, 0.29) is 60.5 Å². The Balaban J connectivity index is 1.67. The van der Waals surface area contributed by atoms with Crippen molar-refractivity contribution in [3.05, 3.63) is 27.3 Å². The molecule has 2 aliphatic rings. The third-order valence-corrected chi connectivity index (χ3v) is 8.24. The van der Waals surface area contributed by atoms with Gasteiger partial charge in [0.1, 0.15) is 15.5 Å². The number of primary sulfonamides is 1. The summed E-state index contributed by atoms with van der Waals surface area (Å²) in [5.41, 5.74) is -0.916. The Labute approximate surface area is 189 Å². The van der Waals surface area contributed by atoms with Crippen molar-refractivity contribution in [3.63, 3.8) is 0 Å². The first-order chi connectivity index (χ1) is 14.8. The van der Waals surface area contributed by atoms with Gasteiger partial charge in [0, 0.05) is 32.4 Å². The van der Waals surface area contributed by atoms with Gasteiger partial charge in [0.05, 0.1) is 17.3 Å². The van der Waals surface area contributed by atoms with Gasteiger partial charge in [-0.15, -0.1) is 10.1 Å². The number of unbranched alkanes of at least 4 members (excludes halogenated alkanes) is 1. The molecule has 1 aromatic carbocycles. The summed E-state index contributed by atoms with van der Waals surface area (Å²) in [4.78, 5) is 27.5. The molecule has 2 aliphatic heterocycles. The molecule has 0 aliphatic carbocycles. The molecule has 178 valence electrons. The number of rotatable bonds is 7. The standard InChI is InChI=1S/C16H22ClN5O8S2/c17-11-9-12-14(10-13(11)31(18,26)27)32(28,29)20-16(19-12)4-6-21(7-5-16)15(23)3-1-2-8-30-22(24)25/h9-10,19-20H,1-8H2,(H2,18,26,27). The van der Waals surface area contributed by atoms with Gasteiger partial charge in [-0.2, -0.15) is 4.72 Å². The number of sulfonamides is 2. The second-order valence-corrected chi connectivity index (χ2v) is 11.1. The highest BCUT2D eigenvalue weighted by Gasteiger charge is 2.44. The fraction of sp³-hybridized carbons (Fsp3) is 0.562. The number of likely N-dealkylation sites (tertiary alicyclic amines) is 1. The zero-order valence-corrected chi connectivity index (χ0v) is 19.1. The van der Waals surface area contributed by atoms with Crippen LogP contribution < -0.4 is 15.2 Å². The Kier molecular flexibility index (Phi) is 6.86. The van der Waals surface area contributed by atoms with E-state index >= 15 is 0 Å². The average molecular weight is 512 g/mol. The van der Waals surface area contributed by atoms with E-state index in [4.69, 9.17) is 16.7 Å². The maximum atomic E-state index is 12.8. The highest BCUT2D eigenvalue weighted by Crippen LogP contribution is 2.38. The van der Waals surface area contributed by atoms with Gasteiger partial charge in [-0.25, -0.2) is 22.0 Å². The first kappa shape index (κ1) is 24.4. The van der Waals surface area contributed by atoms with E-state index in [0.717, 1.165) is 6.07 Å². The normalized spacial score (nSPS) is 19.1. The van der Waals surface area contributed by atoms with Crippen LogP contribution in [0.4, 0.5) is 5.69 Å². The van der Waals surface area contributed by atoms with Crippen LogP contribution in [0.5, 0.6) is 0 Å². The first-order valence-corrected chi connectivity index (χ1v) is 13.0. The summed E-state index contributed by atoms with van der Waals surface area (Å²) in [6.07, 6.45) is 1.51. The molecular formula is C16H22ClN5O8S2. The van der Waals surface area contributed by atoms with Gasteiger partial charge >= 0.3 is 0 Å². The molecule has 0 atom stereocenters. The van der Waals surface area contributed by atoms with Crippen molar-refractivity contribution in [1.82, 2.24) is 9.62 Å². The Morgan fingerprint density at radius 3 is 2.56 bits per heavy atom. The quantitative estimate of drug-likeness (QED) is 0.264. The maximum Gasteiger partial charge on any atom is 0.294 e. The smallest absolute Gasteiger partial charge is 0.294 e. The van der Waals surface area contributed by atoms with E-state index in [9.17, 15) is 31.7 Å². The summed E-state index contributed by atoms with van der Waals surface area (Å²) >= 11 is 6.01. The number of amides is 1. The summed E-state index contributed by atoms with van der Waals surface area (Å²) in [5, 5.41) is 17.2. The Morgan fingerprint density at radius 2 is 1.97 bits per heavy atom. The summed E-state index contributed by atoms with van der Waals surface area (Å²) in [6, 6.07) is 2.12. The second kappa shape index (κ2) is 8.97. The minimum absolute atomic E-state index is 0.0791. The van der Waals surface area contributed by atoms with Crippen molar-refractivity contribution in [2.24, 2.45) is 5.14 Å². The predicted octanol–water partition coefficient (Wildman–Crippen LogP) is 0.389. The fourth-order valence-electron chi connectivity index (χ4n) is 3.71. The number of benzene rings is 1. The molecule has 0 bridgehead atoms. The Hall–Kier alpha value is -2.20. The van der Waals surface area contributed by atoms with Crippen LogP contribution in [0.25, 0.3) is 0 Å². The largest absolute Gasteiger partial charge is 0.365 e. The van der Waals surface area contributed by atoms with Crippen LogP contribution in [0.2, 0.25) is 5.02 Å². The van der Waals surface area contributed by atoms with E-state index in [0.29, 0.717) is 12.8 Å². The average Bonchev–Trinajstić information content (AvgIpc) is 2.65. The van der Waals surface area contributed by atoms with Crippen LogP contribution in [0.15, 0.2) is 21.9 Å². The third kappa shape index (κ3) is 5.40. The van der Waals surface area contributed by atoms with Crippen molar-refractivity contribution < 1.29 is 31.6 Å². The Bertz CT molecular complexity index is 1130. The number of halogens is 1. The second-order valence-electron chi connectivity index (χ2n) is 7.53. The molecule has 13 nitrogen and oxygen atoms in total. The topological polar surface area (TPSA) is 191 Å². The molecule has 1 saturated heterocycles. The number of carbonyl (C=O) groups is 1. The lowest BCUT2D eigenvalue weighted by Crippen LogP contribution is -2.62. The molecule has 0 aromatic heterocycles. The van der Waals surface area contributed by atoms with Crippen LogP contribution in [0, 0.1) is 10.1 Å². The first-order valence-electron chi connectivity index (χ1n) is 9.57. The van der Waals surface area contributed by atoms with Crippen LogP contribution >= 0.6 is 11.6 Å². The monoisotopic (exact) mass is 511 g/mol. The Morgan fingerprint density at radius 1 is 1.31 bits per heavy atom. The number of fused-ring (bicyclic) bond motifs is 1. The molecule has 3 rings (SSSR count). The van der Waals surface area contributed by atoms with Gasteiger partial charge in [-0.05, 0) is 25.0 Å². The molecular weight excluding hydrogens is 490 g/mol. The van der Waals surface area contributed by atoms with Crippen LogP contribution in [0.3, 0.4) is 0 Å². The lowest BCUT2D eigenvalue weighted by Gasteiger charge is -2.45. The summed E-state index contributed by atoms with van der Waals surface area (Å²) in [5.74, 6) is -0.138. The molecule has 1 fully saturated rings. The number of anilines is 1. The summed E-state index contributed by atoms with van der Waals surface area (Å²) in [7, 11) is -8.30. The third-order valence-electron chi connectivity index (χ3n) is 5.29. The number of nitrogens with one attached hydrogen (secondary N) is 2. The van der Waals surface area contributed by atoms with E-state index < -0.39 is 35.7 Å². The van der Waals surface area contributed by atoms with Crippen LogP contribution in [-0.4, -0.2) is 58.1 Å². The number of hydrogen-bond donors (Lipinski definition) is 3. The van der Waals surface area contributed by atoms with Gasteiger partial charge < -0.3 is 15.1 Å². The van der Waals surface area contributed by atoms with Crippen molar-refractivity contribution >= 4 is 43.2 Å². The number of nitrogens with two attached hydrogens (primary N) is 1. The lowest BCUT2D eigenvalue weighted by atomic mass is 9.96. The molecule has 0 radical (unpaired) electrons. The van der Waals surface area contributed by atoms with Gasteiger partial charge in [0.15, 0.2) is 0 Å². The zero-order valence-electron chi connectivity index (χ0n) is 16.7. The minimum Gasteiger partial charge on any atom is -0.365 e. The number of nitrogens with zero attached hydrogens (tertiary/aromatic N) is 2. The van der Waals surface area contributed by atoms with Gasteiger partial charge in [0.25, 0.3) is 5.09 Å². The van der Waals surface area contributed by atoms with Crippen LogP contribution in [-0.2, 0) is 29.7 Å². The number of hydrogen-bond acceptors (Lipinski definition) is 9. The predicted molar refractivity (Wildman–Crippen MR) is 112 cm³/mol. The van der Waals surface area contributed by atoms with Gasteiger partial charge in [-0.3, -0.25) is 4.79 Å². The lowest BCUT2D eigenvalue weighted by molar-refractivity contribution is -0.757. The van der Waals surface area contributed by atoms with Gasteiger partial charge in [-0.1, -0.05) is 11.6 Å². The van der Waals surface area contributed by atoms with Crippen molar-refractivity contribution in [2.45, 2.75) is 47.6 Å². The molecule has 0 saturated carbocycles. The highest BCUT2D eigenvalue weighted by atomic mass is 35.5. The minimum atomic E-state index is -4.22. The van der Waals surface area contributed by atoms with E-state index in [1.807, 2.05) is 0 Å². The zero-order chi connectivity index (χ0) is 23.7. The summed E-state index contributed by atoms with van der Waals surface area (Å²) in [6.45, 7) is 0.473. The summed E-state index contributed by atoms with van der Waals surface area (Å²) < 4.78 is 51.6. The molecule has 32 heavy (non-hydrogen) atoms. The van der Waals surface area contributed by atoms with Gasteiger partial charge in [0.2, 0.25) is 26.0 Å². The molecule has 2 heterocycles. The van der Waals surface area contributed by atoms with E-state index in [2.05, 4.69) is 14.9 Å². The number of carbonyl (C=O) groups excluding carboxylic acids is 1. The van der Waals surface area contributed by atoms with Crippen molar-refractivity contribution in [3.8, 4) is 0 Å². The molecule has 1 amide bonds. The SMILES string of the molecule is NS(=O)(=O)c1cc2c(cc1Cl)NC1(CCN(C(=O)CCCCO[N+](=O)[O-])CC1)NS2(=O)=O. The fourth-order valence-corrected chi connectivity index (χ4v) is 6.43. The van der Waals surface area contributed by atoms with Crippen molar-refractivity contribution in [1.29, 1.82) is 0 Å². The van der Waals surface area contributed by atoms with Crippen LogP contribution in [0.1, 0.15) is 32.1 Å². The maximum absolute atomic E-state index is 12.8. The molecule has 0 unspecified atom stereocenters. The van der Waals surface area contributed by atoms with E-state index in [1.54, 1.807) is 4.90 Å². The molecule has 1 aromatic rings. The highest BCUT2D eigenvalue weighted by molar-refractivity contribution is 7.90.